The highest BCUT2D eigenvalue weighted by atomic mass is 16.3. The van der Waals surface area contributed by atoms with Crippen LogP contribution in [0.25, 0.3) is 0 Å². The zero-order valence-electron chi connectivity index (χ0n) is 6.99. The summed E-state index contributed by atoms with van der Waals surface area (Å²) in [4.78, 5) is 0. The van der Waals surface area contributed by atoms with Crippen LogP contribution in [0.5, 0.6) is 0 Å². The number of hydrogen-bond donors (Lipinski definition) is 1. The van der Waals surface area contributed by atoms with Gasteiger partial charge in [0.25, 0.3) is 0 Å². The van der Waals surface area contributed by atoms with Crippen LogP contribution in [-0.2, 0) is 0 Å². The van der Waals surface area contributed by atoms with Gasteiger partial charge in [-0.2, -0.15) is 5.26 Å². The summed E-state index contributed by atoms with van der Waals surface area (Å²) in [6, 6.07) is 9.49. The number of aliphatic hydroxyl groups excluding tert-OH is 1. The summed E-state index contributed by atoms with van der Waals surface area (Å²) < 4.78 is 0. The van der Waals surface area contributed by atoms with E-state index in [2.05, 4.69) is 0 Å². The molecule has 0 saturated heterocycles. The summed E-state index contributed by atoms with van der Waals surface area (Å²) in [6.07, 6.45) is -0.485. The van der Waals surface area contributed by atoms with E-state index in [0.29, 0.717) is 0 Å². The quantitative estimate of drug-likeness (QED) is 0.720. The second-order valence-corrected chi connectivity index (χ2v) is 2.73. The van der Waals surface area contributed by atoms with Gasteiger partial charge in [-0.25, -0.2) is 0 Å². The molecule has 0 amide bonds. The van der Waals surface area contributed by atoms with Crippen LogP contribution in [0, 0.1) is 18.3 Å². The van der Waals surface area contributed by atoms with Gasteiger partial charge in [-0.15, -0.1) is 0 Å². The lowest BCUT2D eigenvalue weighted by Gasteiger charge is -2.09. The van der Waals surface area contributed by atoms with Gasteiger partial charge >= 0.3 is 0 Å². The van der Waals surface area contributed by atoms with Gasteiger partial charge in [-0.3, -0.25) is 0 Å². The van der Waals surface area contributed by atoms with Crippen LogP contribution >= 0.6 is 0 Å². The third kappa shape index (κ3) is 1.84. The van der Waals surface area contributed by atoms with Crippen molar-refractivity contribution in [2.75, 3.05) is 0 Å². The lowest BCUT2D eigenvalue weighted by molar-refractivity contribution is 0.182. The highest BCUT2D eigenvalue weighted by Gasteiger charge is 2.07. The van der Waals surface area contributed by atoms with Crippen molar-refractivity contribution >= 4 is 0 Å². The largest absolute Gasteiger partial charge is 0.387 e. The van der Waals surface area contributed by atoms with E-state index in [1.54, 1.807) is 0 Å². The third-order valence-electron chi connectivity index (χ3n) is 1.83. The van der Waals surface area contributed by atoms with Crippen molar-refractivity contribution in [3.63, 3.8) is 0 Å². The van der Waals surface area contributed by atoms with Crippen LogP contribution in [0.1, 0.15) is 23.7 Å². The van der Waals surface area contributed by atoms with E-state index < -0.39 is 6.10 Å². The monoisotopic (exact) mass is 161 g/mol. The maximum absolute atomic E-state index is 9.48. The summed E-state index contributed by atoms with van der Waals surface area (Å²) in [5.74, 6) is 0. The molecule has 0 heterocycles. The zero-order valence-corrected chi connectivity index (χ0v) is 6.99. The molecule has 1 aromatic carbocycles. The minimum atomic E-state index is -0.642. The summed E-state index contributed by atoms with van der Waals surface area (Å²) >= 11 is 0. The van der Waals surface area contributed by atoms with Gasteiger partial charge in [-0.1, -0.05) is 24.3 Å². The Morgan fingerprint density at radius 2 is 2.17 bits per heavy atom. The minimum absolute atomic E-state index is 0.158. The lowest BCUT2D eigenvalue weighted by Crippen LogP contribution is -1.97. The summed E-state index contributed by atoms with van der Waals surface area (Å²) in [5, 5.41) is 17.9. The Bertz CT molecular complexity index is 301. The molecular weight excluding hydrogens is 150 g/mol. The van der Waals surface area contributed by atoms with Crippen molar-refractivity contribution in [3.05, 3.63) is 35.4 Å². The number of benzene rings is 1. The fourth-order valence-electron chi connectivity index (χ4n) is 1.16. The molecule has 0 aliphatic rings. The molecule has 2 heteroatoms. The molecule has 0 fully saturated rings. The Morgan fingerprint density at radius 1 is 1.50 bits per heavy atom. The molecule has 0 spiro atoms. The average molecular weight is 161 g/mol. The first-order valence-electron chi connectivity index (χ1n) is 3.86. The van der Waals surface area contributed by atoms with Crippen LogP contribution in [0.15, 0.2) is 24.3 Å². The number of aryl methyl sites for hydroxylation is 1. The number of nitrogens with zero attached hydrogens (tertiary/aromatic N) is 1. The molecule has 1 N–H and O–H groups in total. The third-order valence-corrected chi connectivity index (χ3v) is 1.83. The van der Waals surface area contributed by atoms with E-state index in [-0.39, 0.29) is 6.42 Å². The number of hydrogen-bond acceptors (Lipinski definition) is 2. The van der Waals surface area contributed by atoms with Crippen molar-refractivity contribution in [2.45, 2.75) is 19.4 Å². The Labute approximate surface area is 72.1 Å². The van der Waals surface area contributed by atoms with E-state index in [0.717, 1.165) is 11.1 Å². The van der Waals surface area contributed by atoms with Gasteiger partial charge in [0.1, 0.15) is 0 Å². The van der Waals surface area contributed by atoms with Crippen molar-refractivity contribution in [3.8, 4) is 6.07 Å². The number of rotatable bonds is 2. The second-order valence-electron chi connectivity index (χ2n) is 2.73. The predicted molar refractivity (Wildman–Crippen MR) is 46.4 cm³/mol. The maximum atomic E-state index is 9.48. The molecule has 1 atom stereocenters. The average Bonchev–Trinajstić information content (AvgIpc) is 2.05. The topological polar surface area (TPSA) is 44.0 Å². The number of nitriles is 1. The van der Waals surface area contributed by atoms with Gasteiger partial charge < -0.3 is 5.11 Å². The van der Waals surface area contributed by atoms with Crippen LogP contribution in [0.4, 0.5) is 0 Å². The highest BCUT2D eigenvalue weighted by molar-refractivity contribution is 5.27. The minimum Gasteiger partial charge on any atom is -0.387 e. The number of aliphatic hydroxyl groups is 1. The Balaban J connectivity index is 2.88. The molecule has 0 radical (unpaired) electrons. The van der Waals surface area contributed by atoms with Gasteiger partial charge in [0.15, 0.2) is 0 Å². The molecule has 0 bridgehead atoms. The first-order valence-corrected chi connectivity index (χ1v) is 3.86. The molecule has 1 aromatic rings. The van der Waals surface area contributed by atoms with Crippen LogP contribution < -0.4 is 0 Å². The van der Waals surface area contributed by atoms with Gasteiger partial charge in [0, 0.05) is 0 Å². The van der Waals surface area contributed by atoms with Crippen molar-refractivity contribution in [2.24, 2.45) is 0 Å². The van der Waals surface area contributed by atoms with Gasteiger partial charge in [-0.05, 0) is 18.1 Å². The fraction of sp³-hybridized carbons (Fsp3) is 0.300. The van der Waals surface area contributed by atoms with Crippen LogP contribution in [-0.4, -0.2) is 5.11 Å². The van der Waals surface area contributed by atoms with Gasteiger partial charge in [0.2, 0.25) is 0 Å². The standard InChI is InChI=1S/C10H11NO/c1-8-4-2-3-5-9(8)10(12)6-7-11/h2-5,10,12H,6H2,1H3. The fourth-order valence-corrected chi connectivity index (χ4v) is 1.16. The van der Waals surface area contributed by atoms with Crippen LogP contribution in [0.3, 0.4) is 0 Å². The first kappa shape index (κ1) is 8.76. The molecule has 12 heavy (non-hydrogen) atoms. The smallest absolute Gasteiger partial charge is 0.0922 e. The van der Waals surface area contributed by atoms with E-state index in [1.807, 2.05) is 37.3 Å². The summed E-state index contributed by atoms with van der Waals surface area (Å²) in [6.45, 7) is 1.93. The molecule has 0 aliphatic carbocycles. The maximum Gasteiger partial charge on any atom is 0.0922 e. The normalized spacial score (nSPS) is 12.1. The predicted octanol–water partition coefficient (Wildman–Crippen LogP) is 1.94. The Hall–Kier alpha value is -1.33. The van der Waals surface area contributed by atoms with Gasteiger partial charge in [0.05, 0.1) is 18.6 Å². The van der Waals surface area contributed by atoms with E-state index in [4.69, 9.17) is 5.26 Å². The summed E-state index contributed by atoms with van der Waals surface area (Å²) in [5.41, 5.74) is 1.87. The molecule has 0 saturated carbocycles. The zero-order chi connectivity index (χ0) is 8.97. The van der Waals surface area contributed by atoms with E-state index in [9.17, 15) is 5.11 Å². The molecule has 0 aromatic heterocycles. The summed E-state index contributed by atoms with van der Waals surface area (Å²) in [7, 11) is 0. The molecule has 1 rings (SSSR count). The van der Waals surface area contributed by atoms with E-state index in [1.165, 1.54) is 0 Å². The molecule has 0 aliphatic heterocycles. The second kappa shape index (κ2) is 3.89. The molecule has 1 unspecified atom stereocenters. The van der Waals surface area contributed by atoms with Crippen LogP contribution in [0.2, 0.25) is 0 Å². The van der Waals surface area contributed by atoms with Crippen molar-refractivity contribution in [1.82, 2.24) is 0 Å². The first-order chi connectivity index (χ1) is 5.75. The molecule has 62 valence electrons. The highest BCUT2D eigenvalue weighted by Crippen LogP contribution is 2.19. The Morgan fingerprint density at radius 3 is 2.75 bits per heavy atom. The molecule has 2 nitrogen and oxygen atoms in total. The Kier molecular flexibility index (Phi) is 2.84. The van der Waals surface area contributed by atoms with Crippen molar-refractivity contribution < 1.29 is 5.11 Å². The van der Waals surface area contributed by atoms with E-state index >= 15 is 0 Å². The molecular formula is C10H11NO. The van der Waals surface area contributed by atoms with Crippen molar-refractivity contribution in [1.29, 1.82) is 5.26 Å². The SMILES string of the molecule is Cc1ccccc1C(O)CC#N. The lowest BCUT2D eigenvalue weighted by atomic mass is 10.0.